The molecule has 0 radical (unpaired) electrons. The minimum atomic E-state index is 0.266. The van der Waals surface area contributed by atoms with Crippen molar-refractivity contribution < 1.29 is 14.2 Å². The van der Waals surface area contributed by atoms with E-state index in [0.29, 0.717) is 29.4 Å². The maximum absolute atomic E-state index is 8.91. The molecule has 16 heavy (non-hydrogen) atoms. The molecule has 0 atom stereocenters. The highest BCUT2D eigenvalue weighted by molar-refractivity contribution is 5.73. The highest BCUT2D eigenvalue weighted by Gasteiger charge is 2.18. The Labute approximate surface area is 94.3 Å². The predicted molar refractivity (Wildman–Crippen MR) is 59.8 cm³/mol. The molecule has 0 saturated heterocycles. The summed E-state index contributed by atoms with van der Waals surface area (Å²) in [5.74, 6) is 1.18. The molecule has 1 aromatic carbocycles. The fourth-order valence-corrected chi connectivity index (χ4v) is 1.36. The van der Waals surface area contributed by atoms with E-state index in [9.17, 15) is 0 Å². The zero-order chi connectivity index (χ0) is 12.1. The number of hydrogen-bond acceptors (Lipinski definition) is 5. The van der Waals surface area contributed by atoms with Crippen molar-refractivity contribution in [2.24, 2.45) is 0 Å². The summed E-state index contributed by atoms with van der Waals surface area (Å²) >= 11 is 0. The molecule has 0 amide bonds. The Morgan fingerprint density at radius 3 is 2.44 bits per heavy atom. The van der Waals surface area contributed by atoms with Gasteiger partial charge in [-0.15, -0.1) is 0 Å². The van der Waals surface area contributed by atoms with Gasteiger partial charge in [-0.1, -0.05) is 0 Å². The fourth-order valence-electron chi connectivity index (χ4n) is 1.36. The van der Waals surface area contributed by atoms with Crippen molar-refractivity contribution in [2.45, 2.75) is 6.92 Å². The molecule has 0 spiro atoms. The standard InChI is InChI=1S/C11H14N2O3/c1-4-16-11-9(13)7(6-12)5-8(14-2)10(11)15-3/h5H,4,13H2,1-3H3. The van der Waals surface area contributed by atoms with Crippen molar-refractivity contribution in [2.75, 3.05) is 26.6 Å². The SMILES string of the molecule is CCOc1c(N)c(C#N)cc(OC)c1OC. The summed E-state index contributed by atoms with van der Waals surface area (Å²) in [6, 6.07) is 3.50. The molecule has 86 valence electrons. The third-order valence-corrected chi connectivity index (χ3v) is 2.07. The third kappa shape index (κ3) is 1.96. The third-order valence-electron chi connectivity index (χ3n) is 2.07. The fraction of sp³-hybridized carbons (Fsp3) is 0.364. The van der Waals surface area contributed by atoms with Gasteiger partial charge in [0.25, 0.3) is 0 Å². The van der Waals surface area contributed by atoms with Gasteiger partial charge in [-0.3, -0.25) is 0 Å². The van der Waals surface area contributed by atoms with Crippen LogP contribution in [-0.2, 0) is 0 Å². The molecule has 0 bridgehead atoms. The normalized spacial score (nSPS) is 9.38. The summed E-state index contributed by atoms with van der Waals surface area (Å²) in [7, 11) is 2.98. The number of ether oxygens (including phenoxy) is 3. The van der Waals surface area contributed by atoms with Gasteiger partial charge >= 0.3 is 0 Å². The topological polar surface area (TPSA) is 77.5 Å². The average molecular weight is 222 g/mol. The molecule has 2 N–H and O–H groups in total. The number of nitrogen functional groups attached to an aromatic ring is 1. The summed E-state index contributed by atoms with van der Waals surface area (Å²) in [5.41, 5.74) is 6.37. The molecular weight excluding hydrogens is 208 g/mol. The van der Waals surface area contributed by atoms with Crippen molar-refractivity contribution in [3.05, 3.63) is 11.6 Å². The van der Waals surface area contributed by atoms with Crippen LogP contribution in [0.1, 0.15) is 12.5 Å². The van der Waals surface area contributed by atoms with E-state index in [2.05, 4.69) is 0 Å². The number of benzene rings is 1. The van der Waals surface area contributed by atoms with E-state index in [4.69, 9.17) is 25.2 Å². The predicted octanol–water partition coefficient (Wildman–Crippen LogP) is 1.56. The van der Waals surface area contributed by atoms with E-state index >= 15 is 0 Å². The lowest BCUT2D eigenvalue weighted by Crippen LogP contribution is -2.03. The highest BCUT2D eigenvalue weighted by Crippen LogP contribution is 2.43. The van der Waals surface area contributed by atoms with Crippen molar-refractivity contribution in [3.8, 4) is 23.3 Å². The largest absolute Gasteiger partial charge is 0.493 e. The molecule has 0 saturated carbocycles. The van der Waals surface area contributed by atoms with Crippen LogP contribution in [0.2, 0.25) is 0 Å². The lowest BCUT2D eigenvalue weighted by molar-refractivity contribution is 0.298. The van der Waals surface area contributed by atoms with Crippen molar-refractivity contribution in [3.63, 3.8) is 0 Å². The maximum atomic E-state index is 8.91. The van der Waals surface area contributed by atoms with Crippen LogP contribution in [0, 0.1) is 11.3 Å². The Kier molecular flexibility index (Phi) is 3.84. The van der Waals surface area contributed by atoms with Gasteiger partial charge in [-0.25, -0.2) is 0 Å². The van der Waals surface area contributed by atoms with Crippen LogP contribution < -0.4 is 19.9 Å². The maximum Gasteiger partial charge on any atom is 0.205 e. The van der Waals surface area contributed by atoms with E-state index in [1.807, 2.05) is 13.0 Å². The van der Waals surface area contributed by atoms with Crippen LogP contribution in [0.4, 0.5) is 5.69 Å². The molecule has 1 aromatic rings. The smallest absolute Gasteiger partial charge is 0.205 e. The summed E-state index contributed by atoms with van der Waals surface area (Å²) in [6.45, 7) is 2.25. The quantitative estimate of drug-likeness (QED) is 0.782. The van der Waals surface area contributed by atoms with Gasteiger partial charge < -0.3 is 19.9 Å². The number of hydrogen-bond donors (Lipinski definition) is 1. The molecular formula is C11H14N2O3. The summed E-state index contributed by atoms with van der Waals surface area (Å²) in [6.07, 6.45) is 0. The highest BCUT2D eigenvalue weighted by atomic mass is 16.5. The molecule has 0 fully saturated rings. The summed E-state index contributed by atoms with van der Waals surface area (Å²) in [5, 5.41) is 8.91. The van der Waals surface area contributed by atoms with E-state index < -0.39 is 0 Å². The molecule has 5 nitrogen and oxygen atoms in total. The zero-order valence-electron chi connectivity index (χ0n) is 9.53. The number of nitrogens with zero attached hydrogens (tertiary/aromatic N) is 1. The molecule has 0 aliphatic heterocycles. The lowest BCUT2D eigenvalue weighted by Gasteiger charge is -2.15. The Balaban J connectivity index is 3.46. The van der Waals surface area contributed by atoms with E-state index in [0.717, 1.165) is 0 Å². The van der Waals surface area contributed by atoms with Gasteiger partial charge in [0.2, 0.25) is 5.75 Å². The second-order valence-corrected chi connectivity index (χ2v) is 2.95. The van der Waals surface area contributed by atoms with Crippen LogP contribution >= 0.6 is 0 Å². The first-order valence-electron chi connectivity index (χ1n) is 4.76. The van der Waals surface area contributed by atoms with Crippen molar-refractivity contribution >= 4 is 5.69 Å². The number of nitrogens with two attached hydrogens (primary N) is 1. The van der Waals surface area contributed by atoms with Crippen LogP contribution in [-0.4, -0.2) is 20.8 Å². The van der Waals surface area contributed by atoms with Crippen LogP contribution in [0.3, 0.4) is 0 Å². The second kappa shape index (κ2) is 5.12. The Morgan fingerprint density at radius 1 is 1.31 bits per heavy atom. The Morgan fingerprint density at radius 2 is 2.00 bits per heavy atom. The van der Waals surface area contributed by atoms with Crippen LogP contribution in [0.25, 0.3) is 0 Å². The number of rotatable bonds is 4. The summed E-state index contributed by atoms with van der Waals surface area (Å²) < 4.78 is 15.6. The van der Waals surface area contributed by atoms with Gasteiger partial charge in [0.1, 0.15) is 6.07 Å². The first-order valence-corrected chi connectivity index (χ1v) is 4.76. The van der Waals surface area contributed by atoms with Gasteiger partial charge in [0.15, 0.2) is 11.5 Å². The summed E-state index contributed by atoms with van der Waals surface area (Å²) in [4.78, 5) is 0. The molecule has 0 aliphatic rings. The van der Waals surface area contributed by atoms with Gasteiger partial charge in [0, 0.05) is 6.07 Å². The van der Waals surface area contributed by atoms with Gasteiger partial charge in [0.05, 0.1) is 32.1 Å². The number of nitriles is 1. The minimum absolute atomic E-state index is 0.266. The first kappa shape index (κ1) is 12.0. The Bertz CT molecular complexity index is 424. The molecule has 0 unspecified atom stereocenters. The van der Waals surface area contributed by atoms with E-state index in [-0.39, 0.29) is 5.69 Å². The molecule has 1 rings (SSSR count). The van der Waals surface area contributed by atoms with Crippen molar-refractivity contribution in [1.82, 2.24) is 0 Å². The second-order valence-electron chi connectivity index (χ2n) is 2.95. The van der Waals surface area contributed by atoms with E-state index in [1.54, 1.807) is 0 Å². The molecule has 0 aromatic heterocycles. The van der Waals surface area contributed by atoms with Crippen LogP contribution in [0.5, 0.6) is 17.2 Å². The Hall–Kier alpha value is -2.09. The molecule has 0 aliphatic carbocycles. The number of anilines is 1. The lowest BCUT2D eigenvalue weighted by atomic mass is 10.1. The average Bonchev–Trinajstić information content (AvgIpc) is 2.31. The van der Waals surface area contributed by atoms with Gasteiger partial charge in [-0.05, 0) is 6.92 Å². The van der Waals surface area contributed by atoms with Gasteiger partial charge in [-0.2, -0.15) is 5.26 Å². The minimum Gasteiger partial charge on any atom is -0.493 e. The molecule has 0 heterocycles. The number of methoxy groups -OCH3 is 2. The zero-order valence-corrected chi connectivity index (χ0v) is 9.53. The van der Waals surface area contributed by atoms with Crippen LogP contribution in [0.15, 0.2) is 6.07 Å². The van der Waals surface area contributed by atoms with E-state index in [1.165, 1.54) is 20.3 Å². The van der Waals surface area contributed by atoms with Crippen molar-refractivity contribution in [1.29, 1.82) is 5.26 Å². The molecule has 5 heteroatoms. The monoisotopic (exact) mass is 222 g/mol. The first-order chi connectivity index (χ1) is 7.69.